The molecule has 0 aliphatic heterocycles. The zero-order valence-corrected chi connectivity index (χ0v) is 13.1. The molecule has 0 unspecified atom stereocenters. The number of carbonyl (C=O) groups is 1. The first-order valence-corrected chi connectivity index (χ1v) is 7.25. The van der Waals surface area contributed by atoms with Crippen LogP contribution in [0.2, 0.25) is 0 Å². The fourth-order valence-corrected chi connectivity index (χ4v) is 2.91. The van der Waals surface area contributed by atoms with Gasteiger partial charge in [-0.25, -0.2) is 4.39 Å². The van der Waals surface area contributed by atoms with Gasteiger partial charge in [0.15, 0.2) is 0 Å². The minimum absolute atomic E-state index is 0.0903. The fraction of sp³-hybridized carbons (Fsp3) is 0.235. The second-order valence-corrected chi connectivity index (χ2v) is 6.08. The molecule has 0 aliphatic rings. The van der Waals surface area contributed by atoms with E-state index in [2.05, 4.69) is 22.0 Å². The Kier molecular flexibility index (Phi) is 4.71. The lowest BCUT2D eigenvalue weighted by Crippen LogP contribution is -2.07. The standard InChI is InChI=1S/C17H16BrFO/c1-11-3-12(2)5-13(4-11)8-17(20)9-14-6-15(18)10-16(19)7-14/h3-7,10H,8-9H2,1-2H3. The van der Waals surface area contributed by atoms with E-state index in [0.29, 0.717) is 16.5 Å². The number of hydrogen-bond donors (Lipinski definition) is 0. The zero-order valence-electron chi connectivity index (χ0n) is 11.5. The number of carbonyl (C=O) groups excluding carboxylic acids is 1. The first-order valence-electron chi connectivity index (χ1n) is 6.46. The topological polar surface area (TPSA) is 17.1 Å². The highest BCUT2D eigenvalue weighted by molar-refractivity contribution is 9.10. The summed E-state index contributed by atoms with van der Waals surface area (Å²) in [5.41, 5.74) is 4.02. The summed E-state index contributed by atoms with van der Waals surface area (Å²) in [7, 11) is 0. The van der Waals surface area contributed by atoms with Gasteiger partial charge in [0.2, 0.25) is 0 Å². The van der Waals surface area contributed by atoms with E-state index >= 15 is 0 Å². The summed E-state index contributed by atoms with van der Waals surface area (Å²) in [6.07, 6.45) is 0.639. The second-order valence-electron chi connectivity index (χ2n) is 5.17. The van der Waals surface area contributed by atoms with Crippen molar-refractivity contribution in [2.75, 3.05) is 0 Å². The SMILES string of the molecule is Cc1cc(C)cc(CC(=O)Cc2cc(F)cc(Br)c2)c1. The zero-order chi connectivity index (χ0) is 14.7. The van der Waals surface area contributed by atoms with E-state index in [0.717, 1.165) is 16.7 Å². The van der Waals surface area contributed by atoms with Gasteiger partial charge in [-0.05, 0) is 43.2 Å². The summed E-state index contributed by atoms with van der Waals surface area (Å²) in [6, 6.07) is 10.7. The minimum Gasteiger partial charge on any atom is -0.299 e. The average molecular weight is 335 g/mol. The van der Waals surface area contributed by atoms with Crippen LogP contribution in [0.1, 0.15) is 22.3 Å². The minimum atomic E-state index is -0.325. The van der Waals surface area contributed by atoms with Crippen LogP contribution in [0.15, 0.2) is 40.9 Å². The molecule has 104 valence electrons. The number of halogens is 2. The van der Waals surface area contributed by atoms with Gasteiger partial charge < -0.3 is 0 Å². The van der Waals surface area contributed by atoms with Crippen molar-refractivity contribution in [2.24, 2.45) is 0 Å². The van der Waals surface area contributed by atoms with Crippen LogP contribution in [0.4, 0.5) is 4.39 Å². The summed E-state index contributed by atoms with van der Waals surface area (Å²) < 4.78 is 13.9. The largest absolute Gasteiger partial charge is 0.299 e. The second kappa shape index (κ2) is 6.31. The Balaban J connectivity index is 2.08. The highest BCUT2D eigenvalue weighted by Gasteiger charge is 2.08. The van der Waals surface area contributed by atoms with Crippen LogP contribution < -0.4 is 0 Å². The summed E-state index contributed by atoms with van der Waals surface area (Å²) in [5, 5.41) is 0. The molecule has 20 heavy (non-hydrogen) atoms. The van der Waals surface area contributed by atoms with Gasteiger partial charge in [-0.1, -0.05) is 45.3 Å². The molecule has 1 nitrogen and oxygen atoms in total. The van der Waals surface area contributed by atoms with Gasteiger partial charge in [0, 0.05) is 17.3 Å². The third-order valence-electron chi connectivity index (χ3n) is 3.01. The quantitative estimate of drug-likeness (QED) is 0.801. The normalized spacial score (nSPS) is 10.6. The number of rotatable bonds is 4. The van der Waals surface area contributed by atoms with Gasteiger partial charge in [-0.2, -0.15) is 0 Å². The molecule has 0 radical (unpaired) electrons. The Labute approximate surface area is 127 Å². The van der Waals surface area contributed by atoms with Gasteiger partial charge in [0.25, 0.3) is 0 Å². The van der Waals surface area contributed by atoms with Crippen molar-refractivity contribution in [1.29, 1.82) is 0 Å². The Morgan fingerprint density at radius 3 is 2.05 bits per heavy atom. The van der Waals surface area contributed by atoms with E-state index in [-0.39, 0.29) is 18.0 Å². The van der Waals surface area contributed by atoms with Crippen LogP contribution in [0.3, 0.4) is 0 Å². The molecule has 0 heterocycles. The lowest BCUT2D eigenvalue weighted by atomic mass is 10.00. The van der Waals surface area contributed by atoms with Crippen molar-refractivity contribution >= 4 is 21.7 Å². The molecule has 0 saturated carbocycles. The van der Waals surface area contributed by atoms with Gasteiger partial charge in [0.1, 0.15) is 11.6 Å². The fourth-order valence-electron chi connectivity index (χ4n) is 2.40. The van der Waals surface area contributed by atoms with Crippen molar-refractivity contribution < 1.29 is 9.18 Å². The molecule has 2 aromatic carbocycles. The average Bonchev–Trinajstić information content (AvgIpc) is 2.24. The van der Waals surface area contributed by atoms with E-state index in [1.807, 2.05) is 26.0 Å². The molecule has 0 N–H and O–H groups in total. The summed E-state index contributed by atoms with van der Waals surface area (Å²) >= 11 is 3.24. The van der Waals surface area contributed by atoms with Gasteiger partial charge in [-0.15, -0.1) is 0 Å². The third-order valence-corrected chi connectivity index (χ3v) is 3.46. The maximum absolute atomic E-state index is 13.3. The van der Waals surface area contributed by atoms with Crippen LogP contribution >= 0.6 is 15.9 Å². The Hall–Kier alpha value is -1.48. The van der Waals surface area contributed by atoms with Crippen molar-refractivity contribution in [1.82, 2.24) is 0 Å². The molecular formula is C17H16BrFO. The molecule has 3 heteroatoms. The molecule has 0 atom stereocenters. The highest BCUT2D eigenvalue weighted by Crippen LogP contribution is 2.16. The molecule has 2 rings (SSSR count). The van der Waals surface area contributed by atoms with E-state index in [1.165, 1.54) is 12.1 Å². The maximum Gasteiger partial charge on any atom is 0.141 e. The van der Waals surface area contributed by atoms with Crippen molar-refractivity contribution in [2.45, 2.75) is 26.7 Å². The van der Waals surface area contributed by atoms with E-state index in [4.69, 9.17) is 0 Å². The van der Waals surface area contributed by atoms with Crippen LogP contribution in [0.5, 0.6) is 0 Å². The molecule has 0 amide bonds. The smallest absolute Gasteiger partial charge is 0.141 e. The first kappa shape index (κ1) is 14.9. The van der Waals surface area contributed by atoms with Crippen LogP contribution in [0.25, 0.3) is 0 Å². The lowest BCUT2D eigenvalue weighted by molar-refractivity contribution is -0.117. The number of ketones is 1. The number of aryl methyl sites for hydroxylation is 2. The number of benzene rings is 2. The van der Waals surface area contributed by atoms with Gasteiger partial charge in [-0.3, -0.25) is 4.79 Å². The number of Topliss-reactive ketones (excluding diaryl/α,β-unsaturated/α-hetero) is 1. The molecule has 0 fully saturated rings. The van der Waals surface area contributed by atoms with Crippen LogP contribution in [0, 0.1) is 19.7 Å². The Morgan fingerprint density at radius 2 is 1.50 bits per heavy atom. The van der Waals surface area contributed by atoms with E-state index in [1.54, 1.807) is 6.07 Å². The third kappa shape index (κ3) is 4.27. The Morgan fingerprint density at radius 1 is 0.950 bits per heavy atom. The van der Waals surface area contributed by atoms with Crippen molar-refractivity contribution in [3.63, 3.8) is 0 Å². The molecule has 0 aliphatic carbocycles. The Bertz CT molecular complexity index is 553. The lowest BCUT2D eigenvalue weighted by Gasteiger charge is -2.05. The van der Waals surface area contributed by atoms with Gasteiger partial charge in [0.05, 0.1) is 0 Å². The van der Waals surface area contributed by atoms with Crippen LogP contribution in [-0.2, 0) is 17.6 Å². The predicted octanol–water partition coefficient (Wildman–Crippen LogP) is 4.56. The summed E-state index contributed by atoms with van der Waals surface area (Å²) in [5.74, 6) is -0.235. The highest BCUT2D eigenvalue weighted by atomic mass is 79.9. The molecule has 2 aromatic rings. The maximum atomic E-state index is 13.3. The predicted molar refractivity (Wildman–Crippen MR) is 82.4 cm³/mol. The molecule has 0 spiro atoms. The van der Waals surface area contributed by atoms with E-state index in [9.17, 15) is 9.18 Å². The number of hydrogen-bond acceptors (Lipinski definition) is 1. The molecule has 0 saturated heterocycles. The van der Waals surface area contributed by atoms with Crippen molar-refractivity contribution in [3.8, 4) is 0 Å². The van der Waals surface area contributed by atoms with Crippen LogP contribution in [-0.4, -0.2) is 5.78 Å². The first-order chi connectivity index (χ1) is 9.42. The van der Waals surface area contributed by atoms with E-state index < -0.39 is 0 Å². The molecule has 0 bridgehead atoms. The molecular weight excluding hydrogens is 319 g/mol. The van der Waals surface area contributed by atoms with Crippen molar-refractivity contribution in [3.05, 3.63) is 68.9 Å². The van der Waals surface area contributed by atoms with Gasteiger partial charge >= 0.3 is 0 Å². The summed E-state index contributed by atoms with van der Waals surface area (Å²) in [4.78, 5) is 12.1. The monoisotopic (exact) mass is 334 g/mol. The summed E-state index contributed by atoms with van der Waals surface area (Å²) in [6.45, 7) is 4.04. The molecule has 0 aromatic heterocycles.